The van der Waals surface area contributed by atoms with Gasteiger partial charge in [0.1, 0.15) is 0 Å². The summed E-state index contributed by atoms with van der Waals surface area (Å²) in [6, 6.07) is 7.23. The van der Waals surface area contributed by atoms with Gasteiger partial charge in [0.15, 0.2) is 0 Å². The highest BCUT2D eigenvalue weighted by atomic mass is 32.2. The lowest BCUT2D eigenvalue weighted by Gasteiger charge is -2.28. The molecule has 1 aliphatic carbocycles. The zero-order chi connectivity index (χ0) is 13.0. The van der Waals surface area contributed by atoms with Crippen LogP contribution in [0.15, 0.2) is 29.2 Å². The molecule has 0 amide bonds. The van der Waals surface area contributed by atoms with Gasteiger partial charge in [-0.05, 0) is 37.8 Å². The van der Waals surface area contributed by atoms with Gasteiger partial charge in [-0.25, -0.2) is 4.79 Å². The molecule has 0 aliphatic heterocycles. The number of carboxylic acids is 1. The lowest BCUT2D eigenvalue weighted by molar-refractivity contribution is 0.0693. The van der Waals surface area contributed by atoms with Gasteiger partial charge in [-0.2, -0.15) is 0 Å². The maximum atomic E-state index is 11.1. The number of carboxylic acid groups (broad SMARTS) is 1. The van der Waals surface area contributed by atoms with Crippen molar-refractivity contribution >= 4 is 17.7 Å². The molecule has 0 aromatic heterocycles. The number of rotatable bonds is 4. The minimum atomic E-state index is -0.850. The van der Waals surface area contributed by atoms with Crippen molar-refractivity contribution in [3.8, 4) is 0 Å². The van der Waals surface area contributed by atoms with Crippen LogP contribution in [0, 0.1) is 0 Å². The second-order valence-corrected chi connectivity index (χ2v) is 5.91. The van der Waals surface area contributed by atoms with Gasteiger partial charge in [0, 0.05) is 17.3 Å². The number of ether oxygens (including phenoxy) is 1. The first-order valence-corrected chi connectivity index (χ1v) is 7.10. The van der Waals surface area contributed by atoms with Gasteiger partial charge in [-0.15, -0.1) is 11.8 Å². The van der Waals surface area contributed by atoms with Crippen LogP contribution < -0.4 is 0 Å². The highest BCUT2D eigenvalue weighted by Crippen LogP contribution is 2.36. The van der Waals surface area contributed by atoms with Crippen LogP contribution in [0.2, 0.25) is 0 Å². The monoisotopic (exact) mass is 266 g/mol. The van der Waals surface area contributed by atoms with Crippen molar-refractivity contribution < 1.29 is 14.6 Å². The third-order valence-corrected chi connectivity index (χ3v) is 4.69. The molecule has 2 atom stereocenters. The van der Waals surface area contributed by atoms with Crippen LogP contribution in [-0.4, -0.2) is 29.5 Å². The Balaban J connectivity index is 2.07. The van der Waals surface area contributed by atoms with Crippen LogP contribution in [0.25, 0.3) is 0 Å². The van der Waals surface area contributed by atoms with Crippen molar-refractivity contribution in [1.82, 2.24) is 0 Å². The quantitative estimate of drug-likeness (QED) is 0.907. The van der Waals surface area contributed by atoms with Crippen LogP contribution in [0.5, 0.6) is 0 Å². The number of hydrogen-bond donors (Lipinski definition) is 1. The summed E-state index contributed by atoms with van der Waals surface area (Å²) >= 11 is 1.68. The number of methoxy groups -OCH3 is 1. The van der Waals surface area contributed by atoms with Crippen molar-refractivity contribution in [2.24, 2.45) is 0 Å². The van der Waals surface area contributed by atoms with Gasteiger partial charge in [-0.1, -0.05) is 12.1 Å². The zero-order valence-corrected chi connectivity index (χ0v) is 11.3. The standard InChI is InChI=1S/C14H18O3S/c1-17-10-5-4-6-11(9-10)18-13-8-3-2-7-12(13)14(15)16/h2-3,7-8,10-11H,4-6,9H2,1H3,(H,15,16). The van der Waals surface area contributed by atoms with Gasteiger partial charge in [0.2, 0.25) is 0 Å². The lowest BCUT2D eigenvalue weighted by atomic mass is 9.97. The summed E-state index contributed by atoms with van der Waals surface area (Å²) in [5, 5.41) is 9.62. The molecule has 0 heterocycles. The molecule has 2 rings (SSSR count). The molecule has 0 bridgehead atoms. The molecule has 0 radical (unpaired) electrons. The maximum Gasteiger partial charge on any atom is 0.336 e. The zero-order valence-electron chi connectivity index (χ0n) is 10.5. The van der Waals surface area contributed by atoms with Crippen LogP contribution in [-0.2, 0) is 4.74 Å². The molecule has 18 heavy (non-hydrogen) atoms. The van der Waals surface area contributed by atoms with E-state index in [9.17, 15) is 4.79 Å². The van der Waals surface area contributed by atoms with E-state index < -0.39 is 5.97 Å². The third-order valence-electron chi connectivity index (χ3n) is 3.32. The topological polar surface area (TPSA) is 46.5 Å². The van der Waals surface area contributed by atoms with E-state index in [4.69, 9.17) is 9.84 Å². The van der Waals surface area contributed by atoms with Crippen molar-refractivity contribution in [2.45, 2.75) is 41.9 Å². The first-order valence-electron chi connectivity index (χ1n) is 6.22. The minimum Gasteiger partial charge on any atom is -0.478 e. The van der Waals surface area contributed by atoms with Gasteiger partial charge >= 0.3 is 5.97 Å². The molecule has 2 unspecified atom stereocenters. The Morgan fingerprint density at radius 2 is 2.17 bits per heavy atom. The SMILES string of the molecule is COC1CCCC(Sc2ccccc2C(=O)O)C1. The summed E-state index contributed by atoms with van der Waals surface area (Å²) in [4.78, 5) is 12.0. The summed E-state index contributed by atoms with van der Waals surface area (Å²) in [7, 11) is 1.75. The summed E-state index contributed by atoms with van der Waals surface area (Å²) in [6.07, 6.45) is 4.75. The molecule has 1 aliphatic rings. The van der Waals surface area contributed by atoms with Crippen molar-refractivity contribution in [3.63, 3.8) is 0 Å². The smallest absolute Gasteiger partial charge is 0.336 e. The van der Waals surface area contributed by atoms with Crippen LogP contribution in [0.3, 0.4) is 0 Å². The fourth-order valence-electron chi connectivity index (χ4n) is 2.35. The largest absolute Gasteiger partial charge is 0.478 e. The second-order valence-electron chi connectivity index (χ2n) is 4.57. The molecule has 0 saturated heterocycles. The van der Waals surface area contributed by atoms with Crippen LogP contribution >= 0.6 is 11.8 Å². The molecule has 1 fully saturated rings. The fraction of sp³-hybridized carbons (Fsp3) is 0.500. The van der Waals surface area contributed by atoms with E-state index >= 15 is 0 Å². The summed E-state index contributed by atoms with van der Waals surface area (Å²) in [6.45, 7) is 0. The molecule has 98 valence electrons. The molecular formula is C14H18O3S. The van der Waals surface area contributed by atoms with E-state index in [0.29, 0.717) is 16.9 Å². The Kier molecular flexibility index (Phi) is 4.66. The van der Waals surface area contributed by atoms with Crippen LogP contribution in [0.4, 0.5) is 0 Å². The van der Waals surface area contributed by atoms with Gasteiger partial charge < -0.3 is 9.84 Å². The molecule has 3 nitrogen and oxygen atoms in total. The molecule has 4 heteroatoms. The lowest BCUT2D eigenvalue weighted by Crippen LogP contribution is -2.23. The normalized spacial score (nSPS) is 23.8. The number of thioether (sulfide) groups is 1. The average molecular weight is 266 g/mol. The average Bonchev–Trinajstić information content (AvgIpc) is 2.39. The molecule has 1 aromatic carbocycles. The summed E-state index contributed by atoms with van der Waals surface area (Å²) < 4.78 is 5.41. The van der Waals surface area contributed by atoms with E-state index in [-0.39, 0.29) is 0 Å². The Bertz CT molecular complexity index is 419. The fourth-order valence-corrected chi connectivity index (χ4v) is 3.74. The van der Waals surface area contributed by atoms with Crippen molar-refractivity contribution in [2.75, 3.05) is 7.11 Å². The minimum absolute atomic E-state index is 0.327. The molecule has 1 saturated carbocycles. The van der Waals surface area contributed by atoms with E-state index in [2.05, 4.69) is 0 Å². The molecule has 1 aromatic rings. The highest BCUT2D eigenvalue weighted by molar-refractivity contribution is 8.00. The Morgan fingerprint density at radius 1 is 1.39 bits per heavy atom. The number of carbonyl (C=O) groups is 1. The highest BCUT2D eigenvalue weighted by Gasteiger charge is 2.23. The number of hydrogen-bond acceptors (Lipinski definition) is 3. The Labute approximate surface area is 112 Å². The van der Waals surface area contributed by atoms with Gasteiger partial charge in [0.05, 0.1) is 11.7 Å². The number of aromatic carboxylic acids is 1. The summed E-state index contributed by atoms with van der Waals surface area (Å²) in [5.41, 5.74) is 0.405. The number of benzene rings is 1. The van der Waals surface area contributed by atoms with Crippen molar-refractivity contribution in [3.05, 3.63) is 29.8 Å². The van der Waals surface area contributed by atoms with E-state index in [1.165, 1.54) is 0 Å². The molecule has 1 N–H and O–H groups in total. The second kappa shape index (κ2) is 6.25. The Morgan fingerprint density at radius 3 is 2.89 bits per heavy atom. The predicted octanol–water partition coefficient (Wildman–Crippen LogP) is 3.43. The summed E-state index contributed by atoms with van der Waals surface area (Å²) in [5.74, 6) is -0.850. The van der Waals surface area contributed by atoms with E-state index in [0.717, 1.165) is 30.6 Å². The van der Waals surface area contributed by atoms with Gasteiger partial charge in [-0.3, -0.25) is 0 Å². The van der Waals surface area contributed by atoms with Crippen molar-refractivity contribution in [1.29, 1.82) is 0 Å². The maximum absolute atomic E-state index is 11.1. The molecular weight excluding hydrogens is 248 g/mol. The van der Waals surface area contributed by atoms with Gasteiger partial charge in [0.25, 0.3) is 0 Å². The van der Waals surface area contributed by atoms with E-state index in [1.54, 1.807) is 31.0 Å². The third kappa shape index (κ3) is 3.27. The molecule has 0 spiro atoms. The van der Waals surface area contributed by atoms with Crippen LogP contribution in [0.1, 0.15) is 36.0 Å². The first kappa shape index (κ1) is 13.4. The Hall–Kier alpha value is -1.00. The first-order chi connectivity index (χ1) is 8.70. The van der Waals surface area contributed by atoms with E-state index in [1.807, 2.05) is 12.1 Å². The predicted molar refractivity (Wildman–Crippen MR) is 72.3 cm³/mol.